The SMILES string of the molecule is CCCCCCOc1ccc(CCC(CO)CO)cc1. The van der Waals surface area contributed by atoms with E-state index in [0.29, 0.717) is 0 Å². The highest BCUT2D eigenvalue weighted by Crippen LogP contribution is 2.15. The molecule has 0 aromatic heterocycles. The Morgan fingerprint density at radius 2 is 1.70 bits per heavy atom. The van der Waals surface area contributed by atoms with Crippen molar-refractivity contribution in [2.24, 2.45) is 5.92 Å². The Morgan fingerprint density at radius 3 is 2.30 bits per heavy atom. The third-order valence-electron chi connectivity index (χ3n) is 3.55. The summed E-state index contributed by atoms with van der Waals surface area (Å²) in [7, 11) is 0. The first-order valence-electron chi connectivity index (χ1n) is 7.73. The van der Waals surface area contributed by atoms with Crippen molar-refractivity contribution in [2.45, 2.75) is 45.4 Å². The Morgan fingerprint density at radius 1 is 1.00 bits per heavy atom. The molecule has 3 heteroatoms. The predicted molar refractivity (Wildman–Crippen MR) is 82.1 cm³/mol. The number of hydrogen-bond donors (Lipinski definition) is 2. The first kappa shape index (κ1) is 17.0. The number of aryl methyl sites for hydroxylation is 1. The van der Waals surface area contributed by atoms with Crippen molar-refractivity contribution in [1.82, 2.24) is 0 Å². The van der Waals surface area contributed by atoms with Gasteiger partial charge in [-0.05, 0) is 37.0 Å². The van der Waals surface area contributed by atoms with Crippen LogP contribution in [-0.4, -0.2) is 30.0 Å². The molecule has 1 aromatic carbocycles. The summed E-state index contributed by atoms with van der Waals surface area (Å²) < 4.78 is 5.70. The maximum absolute atomic E-state index is 9.03. The molecule has 0 aliphatic rings. The molecular weight excluding hydrogens is 252 g/mol. The van der Waals surface area contributed by atoms with Gasteiger partial charge in [-0.25, -0.2) is 0 Å². The predicted octanol–water partition coefficient (Wildman–Crippen LogP) is 3.18. The molecule has 1 aromatic rings. The number of ether oxygens (including phenoxy) is 1. The maximum Gasteiger partial charge on any atom is 0.119 e. The molecule has 2 N–H and O–H groups in total. The topological polar surface area (TPSA) is 49.7 Å². The highest BCUT2D eigenvalue weighted by Gasteiger charge is 2.06. The van der Waals surface area contributed by atoms with E-state index >= 15 is 0 Å². The summed E-state index contributed by atoms with van der Waals surface area (Å²) in [6.45, 7) is 3.10. The van der Waals surface area contributed by atoms with Crippen LogP contribution in [0.25, 0.3) is 0 Å². The van der Waals surface area contributed by atoms with Gasteiger partial charge in [-0.3, -0.25) is 0 Å². The second-order valence-electron chi connectivity index (χ2n) is 5.32. The zero-order chi connectivity index (χ0) is 14.6. The van der Waals surface area contributed by atoms with Gasteiger partial charge < -0.3 is 14.9 Å². The minimum atomic E-state index is -0.00973. The van der Waals surface area contributed by atoms with E-state index in [0.717, 1.165) is 31.6 Å². The molecule has 3 nitrogen and oxygen atoms in total. The maximum atomic E-state index is 9.03. The van der Waals surface area contributed by atoms with Gasteiger partial charge >= 0.3 is 0 Å². The monoisotopic (exact) mass is 280 g/mol. The molecule has 0 atom stereocenters. The number of benzene rings is 1. The molecule has 0 aliphatic carbocycles. The van der Waals surface area contributed by atoms with Crippen molar-refractivity contribution in [3.8, 4) is 5.75 Å². The Kier molecular flexibility index (Phi) is 9.09. The first-order valence-corrected chi connectivity index (χ1v) is 7.73. The number of rotatable bonds is 11. The second-order valence-corrected chi connectivity index (χ2v) is 5.32. The van der Waals surface area contributed by atoms with E-state index in [9.17, 15) is 0 Å². The van der Waals surface area contributed by atoms with Crippen molar-refractivity contribution >= 4 is 0 Å². The summed E-state index contributed by atoms with van der Waals surface area (Å²) in [5.74, 6) is 0.913. The molecule has 0 amide bonds. The van der Waals surface area contributed by atoms with Crippen molar-refractivity contribution in [3.63, 3.8) is 0 Å². The molecule has 0 bridgehead atoms. The fourth-order valence-corrected chi connectivity index (χ4v) is 2.08. The van der Waals surface area contributed by atoms with Crippen LogP contribution in [0.1, 0.15) is 44.6 Å². The van der Waals surface area contributed by atoms with Gasteiger partial charge in [0, 0.05) is 19.1 Å². The van der Waals surface area contributed by atoms with Gasteiger partial charge in [0.15, 0.2) is 0 Å². The second kappa shape index (κ2) is 10.7. The molecular formula is C17H28O3. The largest absolute Gasteiger partial charge is 0.494 e. The molecule has 1 rings (SSSR count). The lowest BCUT2D eigenvalue weighted by Crippen LogP contribution is -2.11. The van der Waals surface area contributed by atoms with Crippen LogP contribution in [0.3, 0.4) is 0 Å². The third-order valence-corrected chi connectivity index (χ3v) is 3.55. The van der Waals surface area contributed by atoms with Crippen molar-refractivity contribution in [2.75, 3.05) is 19.8 Å². The van der Waals surface area contributed by atoms with Crippen LogP contribution >= 0.6 is 0 Å². The summed E-state index contributed by atoms with van der Waals surface area (Å²) in [5, 5.41) is 18.1. The van der Waals surface area contributed by atoms with Gasteiger partial charge in [0.1, 0.15) is 5.75 Å². The normalized spacial score (nSPS) is 11.0. The minimum absolute atomic E-state index is 0.00973. The average Bonchev–Trinajstić information content (AvgIpc) is 2.49. The number of aliphatic hydroxyl groups excluding tert-OH is 2. The van der Waals surface area contributed by atoms with Crippen LogP contribution in [0.2, 0.25) is 0 Å². The lowest BCUT2D eigenvalue weighted by atomic mass is 10.0. The fraction of sp³-hybridized carbons (Fsp3) is 0.647. The van der Waals surface area contributed by atoms with Gasteiger partial charge in [-0.2, -0.15) is 0 Å². The third kappa shape index (κ3) is 6.92. The Bertz CT molecular complexity index is 331. The summed E-state index contributed by atoms with van der Waals surface area (Å²) in [6, 6.07) is 8.13. The Labute approximate surface area is 122 Å². The van der Waals surface area contributed by atoms with Gasteiger partial charge in [-0.1, -0.05) is 38.3 Å². The Hall–Kier alpha value is -1.06. The zero-order valence-corrected chi connectivity index (χ0v) is 12.6. The number of unbranched alkanes of at least 4 members (excludes halogenated alkanes) is 3. The van der Waals surface area contributed by atoms with Crippen LogP contribution in [-0.2, 0) is 6.42 Å². The van der Waals surface area contributed by atoms with Crippen molar-refractivity contribution in [3.05, 3.63) is 29.8 Å². The molecule has 0 fully saturated rings. The highest BCUT2D eigenvalue weighted by molar-refractivity contribution is 5.27. The van der Waals surface area contributed by atoms with Gasteiger partial charge in [0.2, 0.25) is 0 Å². The molecule has 0 saturated carbocycles. The number of hydrogen-bond acceptors (Lipinski definition) is 3. The van der Waals surface area contributed by atoms with E-state index in [-0.39, 0.29) is 19.1 Å². The van der Waals surface area contributed by atoms with E-state index in [1.807, 2.05) is 12.1 Å². The zero-order valence-electron chi connectivity index (χ0n) is 12.6. The summed E-state index contributed by atoms with van der Waals surface area (Å²) >= 11 is 0. The minimum Gasteiger partial charge on any atom is -0.494 e. The lowest BCUT2D eigenvalue weighted by molar-refractivity contribution is 0.144. The first-order chi connectivity index (χ1) is 9.80. The molecule has 0 radical (unpaired) electrons. The molecule has 20 heavy (non-hydrogen) atoms. The average molecular weight is 280 g/mol. The summed E-state index contributed by atoms with van der Waals surface area (Å²) in [4.78, 5) is 0. The van der Waals surface area contributed by atoms with Gasteiger partial charge in [-0.15, -0.1) is 0 Å². The highest BCUT2D eigenvalue weighted by atomic mass is 16.5. The molecule has 0 saturated heterocycles. The molecule has 114 valence electrons. The molecule has 0 unspecified atom stereocenters. The van der Waals surface area contributed by atoms with Gasteiger partial charge in [0.25, 0.3) is 0 Å². The quantitative estimate of drug-likeness (QED) is 0.612. The van der Waals surface area contributed by atoms with E-state index in [2.05, 4.69) is 19.1 Å². The molecule has 0 aliphatic heterocycles. The van der Waals surface area contributed by atoms with E-state index in [1.54, 1.807) is 0 Å². The van der Waals surface area contributed by atoms with Crippen LogP contribution in [0.15, 0.2) is 24.3 Å². The van der Waals surface area contributed by atoms with Crippen LogP contribution in [0, 0.1) is 5.92 Å². The smallest absolute Gasteiger partial charge is 0.119 e. The van der Waals surface area contributed by atoms with Gasteiger partial charge in [0.05, 0.1) is 6.61 Å². The standard InChI is InChI=1S/C17H28O3/c1-2-3-4-5-12-20-17-10-8-15(9-11-17)6-7-16(13-18)14-19/h8-11,16,18-19H,2-7,12-14H2,1H3. The van der Waals surface area contributed by atoms with E-state index in [1.165, 1.54) is 24.8 Å². The Balaban J connectivity index is 2.25. The van der Waals surface area contributed by atoms with E-state index < -0.39 is 0 Å². The lowest BCUT2D eigenvalue weighted by Gasteiger charge is -2.11. The van der Waals surface area contributed by atoms with Crippen molar-refractivity contribution in [1.29, 1.82) is 0 Å². The molecule has 0 spiro atoms. The summed E-state index contributed by atoms with van der Waals surface area (Å²) in [6.07, 6.45) is 6.56. The van der Waals surface area contributed by atoms with Crippen LogP contribution in [0.5, 0.6) is 5.75 Å². The van der Waals surface area contributed by atoms with Crippen LogP contribution in [0.4, 0.5) is 0 Å². The van der Waals surface area contributed by atoms with Crippen LogP contribution < -0.4 is 4.74 Å². The van der Waals surface area contributed by atoms with Crippen molar-refractivity contribution < 1.29 is 14.9 Å². The van der Waals surface area contributed by atoms with E-state index in [4.69, 9.17) is 14.9 Å². The summed E-state index contributed by atoms with van der Waals surface area (Å²) in [5.41, 5.74) is 1.22. The fourth-order valence-electron chi connectivity index (χ4n) is 2.08. The molecule has 0 heterocycles. The number of aliphatic hydroxyl groups is 2.